The van der Waals surface area contributed by atoms with E-state index in [1.54, 1.807) is 0 Å². The average molecular weight is 1770 g/mol. The van der Waals surface area contributed by atoms with Crippen LogP contribution in [0.2, 0.25) is 0 Å². The molecule has 0 unspecified atom stereocenters. The van der Waals surface area contributed by atoms with Crippen LogP contribution in [0.3, 0.4) is 0 Å². The van der Waals surface area contributed by atoms with Crippen LogP contribution in [0.15, 0.2) is 480 Å². The van der Waals surface area contributed by atoms with Crippen molar-refractivity contribution in [3.63, 3.8) is 0 Å². The molecule has 0 radical (unpaired) electrons. The van der Waals surface area contributed by atoms with E-state index in [-0.39, 0.29) is 0 Å². The maximum absolute atomic E-state index is 5.15. The highest BCUT2D eigenvalue weighted by Gasteiger charge is 2.24. The van der Waals surface area contributed by atoms with E-state index in [4.69, 9.17) is 15.0 Å². The number of aromatic nitrogens is 3. The molecule has 28 rings (SSSR count). The van der Waals surface area contributed by atoms with Gasteiger partial charge in [0, 0.05) is 118 Å². The second-order valence-corrected chi connectivity index (χ2v) is 38.1. The predicted octanol–water partition coefficient (Wildman–Crippen LogP) is 37.4. The lowest BCUT2D eigenvalue weighted by molar-refractivity contribution is 1.34. The largest absolute Gasteiger partial charge is 0.256 e. The van der Waals surface area contributed by atoms with Crippen molar-refractivity contribution in [3.05, 3.63) is 480 Å². The number of pyridine rings is 3. The quantitative estimate of drug-likeness (QED) is 0.128. The van der Waals surface area contributed by atoms with Gasteiger partial charge in [-0.25, -0.2) is 0 Å². The normalized spacial score (nSPS) is 11.7. The highest BCUT2D eigenvalue weighted by Crippen LogP contribution is 2.51. The van der Waals surface area contributed by atoms with Crippen molar-refractivity contribution in [2.45, 2.75) is 0 Å². The van der Waals surface area contributed by atoms with Gasteiger partial charge in [-0.05, 0) is 219 Å². The summed E-state index contributed by atoms with van der Waals surface area (Å²) in [5.41, 5.74) is 23.5. The molecule has 135 heavy (non-hydrogen) atoms. The van der Waals surface area contributed by atoms with Gasteiger partial charge in [0.25, 0.3) is 0 Å². The first-order valence-electron chi connectivity index (χ1n) is 46.0. The molecule has 0 saturated heterocycles. The summed E-state index contributed by atoms with van der Waals surface area (Å²) in [6.45, 7) is 0. The Morgan fingerprint density at radius 3 is 0.896 bits per heavy atom. The van der Waals surface area contributed by atoms with Crippen molar-refractivity contribution >= 4 is 191 Å². The fourth-order valence-electron chi connectivity index (χ4n) is 21.1. The van der Waals surface area contributed by atoms with E-state index in [2.05, 4.69) is 473 Å². The number of nitrogens with zero attached hydrogens (tertiary/aromatic N) is 3. The summed E-state index contributed by atoms with van der Waals surface area (Å²) < 4.78 is 7.92. The molecule has 0 aliphatic heterocycles. The Hall–Kier alpha value is -16.7. The van der Waals surface area contributed by atoms with Gasteiger partial charge in [0.15, 0.2) is 0 Å². The molecule has 6 aromatic heterocycles. The summed E-state index contributed by atoms with van der Waals surface area (Å²) >= 11 is 5.61. The highest BCUT2D eigenvalue weighted by molar-refractivity contribution is 7.27. The minimum Gasteiger partial charge on any atom is -0.256 e. The second-order valence-electron chi connectivity index (χ2n) is 34.9. The van der Waals surface area contributed by atoms with Crippen LogP contribution in [0.4, 0.5) is 0 Å². The number of thiophene rings is 3. The lowest BCUT2D eigenvalue weighted by atomic mass is 9.87. The second kappa shape index (κ2) is 33.3. The van der Waals surface area contributed by atoms with Crippen LogP contribution < -0.4 is 0 Å². The van der Waals surface area contributed by atoms with E-state index < -0.39 is 0 Å². The molecule has 0 aliphatic carbocycles. The van der Waals surface area contributed by atoms with E-state index in [1.807, 2.05) is 40.2 Å². The SMILES string of the molecule is c1ccc(-c2c3ccccc3c(-c3ccc(-c4ccc(-c5ccc6sc7cc8ccccc8cc7c6c5)cc4)cn3)c3ccccc23)cc1.c1ccc(-c2c3ccccc3c(-c3ccc(-c4cccc5c4sc4ccc6ccccc6c45)cn3)c3ccccc23)cc1.c1ccc(-c2c3ccccc3c(-c3ccc(-c4cccc5sc6cc7ccccc7cc6c45)cn3)c3ccccc23)cc1. The summed E-state index contributed by atoms with van der Waals surface area (Å²) in [4.78, 5) is 15.4. The standard InChI is InChI=1S/C47H29NS.2C41H25NS/c1-2-10-32(11-3-1)46-37-14-6-8-16-39(37)47(40-17-9-7-15-38(40)46)43-24-22-36(29-48-43)31-20-18-30(19-21-31)35-23-25-44-41(27-35)42-26-33-12-4-5-13-34(33)28-45(42)49-44;1-2-12-27(13-3-1)38-31-15-6-8-17-33(31)39(34-18-9-7-16-32(34)38)36-23-21-28(25-42-36)30-19-10-20-35-40-29-14-5-4-11-26(29)22-24-37(40)43-41(30)35;1-2-11-26(12-3-1)39-31-15-6-8-17-33(31)40(34-18-9-7-16-32(34)39)36-22-21-29(25-42-36)30-19-10-20-37-41(30)35-23-27-13-4-5-14-28(27)24-38(35)43-37/h1-29H;2*1-25H. The first-order valence-corrected chi connectivity index (χ1v) is 48.4. The molecule has 3 nitrogen and oxygen atoms in total. The zero-order valence-corrected chi connectivity index (χ0v) is 75.6. The molecule has 6 heterocycles. The van der Waals surface area contributed by atoms with Gasteiger partial charge in [-0.2, -0.15) is 0 Å². The van der Waals surface area contributed by atoms with Gasteiger partial charge < -0.3 is 0 Å². The Bertz CT molecular complexity index is 9410. The molecule has 0 bridgehead atoms. The zero-order valence-electron chi connectivity index (χ0n) is 73.2. The van der Waals surface area contributed by atoms with Crippen molar-refractivity contribution in [1.82, 2.24) is 15.0 Å². The first kappa shape index (κ1) is 79.3. The fraction of sp³-hybridized carbons (Fsp3) is 0. The molecule has 0 N–H and O–H groups in total. The van der Waals surface area contributed by atoms with Crippen molar-refractivity contribution in [2.75, 3.05) is 0 Å². The Morgan fingerprint density at radius 2 is 0.452 bits per heavy atom. The smallest absolute Gasteiger partial charge is 0.0714 e. The van der Waals surface area contributed by atoms with E-state index in [0.717, 1.165) is 39.3 Å². The van der Waals surface area contributed by atoms with Crippen LogP contribution in [0, 0.1) is 0 Å². The molecule has 0 fully saturated rings. The molecule has 0 aliphatic rings. The molecule has 22 aromatic carbocycles. The van der Waals surface area contributed by atoms with Crippen molar-refractivity contribution in [1.29, 1.82) is 0 Å². The van der Waals surface area contributed by atoms with Crippen LogP contribution in [0.1, 0.15) is 0 Å². The van der Waals surface area contributed by atoms with Gasteiger partial charge in [-0.15, -0.1) is 34.0 Å². The van der Waals surface area contributed by atoms with Gasteiger partial charge in [-0.3, -0.25) is 15.0 Å². The third-order valence-electron chi connectivity index (χ3n) is 27.3. The van der Waals surface area contributed by atoms with Crippen LogP contribution >= 0.6 is 34.0 Å². The summed E-state index contributed by atoms with van der Waals surface area (Å²) in [5, 5.41) is 30.5. The molecule has 0 spiro atoms. The van der Waals surface area contributed by atoms with E-state index in [9.17, 15) is 0 Å². The average Bonchev–Trinajstić information content (AvgIpc) is 1.74. The van der Waals surface area contributed by atoms with Crippen LogP contribution in [-0.4, -0.2) is 15.0 Å². The number of benzene rings is 22. The summed E-state index contributed by atoms with van der Waals surface area (Å²) in [6, 6.07) is 167. The van der Waals surface area contributed by atoms with E-state index in [1.165, 1.54) is 230 Å². The maximum atomic E-state index is 5.15. The molecule has 6 heteroatoms. The Balaban J connectivity index is 0.000000106. The molecule has 0 atom stereocenters. The summed E-state index contributed by atoms with van der Waals surface area (Å²) in [5.74, 6) is 0. The molecule has 0 amide bonds. The van der Waals surface area contributed by atoms with E-state index in [0.29, 0.717) is 0 Å². The van der Waals surface area contributed by atoms with Crippen LogP contribution in [0.25, 0.3) is 269 Å². The van der Waals surface area contributed by atoms with Crippen molar-refractivity contribution in [2.24, 2.45) is 0 Å². The number of hydrogen-bond acceptors (Lipinski definition) is 6. The van der Waals surface area contributed by atoms with Crippen molar-refractivity contribution in [3.8, 4) is 112 Å². The van der Waals surface area contributed by atoms with Gasteiger partial charge >= 0.3 is 0 Å². The van der Waals surface area contributed by atoms with Crippen molar-refractivity contribution < 1.29 is 0 Å². The van der Waals surface area contributed by atoms with Gasteiger partial charge in [-0.1, -0.05) is 394 Å². The summed E-state index contributed by atoms with van der Waals surface area (Å²) in [6.07, 6.45) is 6.14. The lowest BCUT2D eigenvalue weighted by Crippen LogP contribution is -1.92. The fourth-order valence-corrected chi connectivity index (χ4v) is 24.7. The third-order valence-corrected chi connectivity index (χ3v) is 30.8. The van der Waals surface area contributed by atoms with Gasteiger partial charge in [0.1, 0.15) is 0 Å². The van der Waals surface area contributed by atoms with Crippen LogP contribution in [-0.2, 0) is 0 Å². The first-order chi connectivity index (χ1) is 67.0. The maximum Gasteiger partial charge on any atom is 0.0714 e. The number of hydrogen-bond donors (Lipinski definition) is 0. The topological polar surface area (TPSA) is 38.7 Å². The Morgan fingerprint density at radius 1 is 0.141 bits per heavy atom. The monoisotopic (exact) mass is 1770 g/mol. The Labute approximate surface area is 791 Å². The molecule has 28 aromatic rings. The Kier molecular flexibility index (Phi) is 19.5. The van der Waals surface area contributed by atoms with E-state index >= 15 is 0 Å². The molecular formula is C129H79N3S3. The minimum absolute atomic E-state index is 0.983. The molecule has 0 saturated carbocycles. The third kappa shape index (κ3) is 13.8. The van der Waals surface area contributed by atoms with Gasteiger partial charge in [0.2, 0.25) is 0 Å². The van der Waals surface area contributed by atoms with Crippen LogP contribution in [0.5, 0.6) is 0 Å². The minimum atomic E-state index is 0.983. The predicted molar refractivity (Wildman–Crippen MR) is 583 cm³/mol. The summed E-state index contributed by atoms with van der Waals surface area (Å²) in [7, 11) is 0. The number of fused-ring (bicyclic) bond motifs is 19. The number of rotatable bonds is 10. The molecular weight excluding hydrogens is 1690 g/mol. The van der Waals surface area contributed by atoms with Gasteiger partial charge in [0.05, 0.1) is 17.1 Å². The lowest BCUT2D eigenvalue weighted by Gasteiger charge is -2.17. The highest BCUT2D eigenvalue weighted by atomic mass is 32.1. The molecule has 628 valence electrons. The zero-order chi connectivity index (χ0) is 89.0.